The summed E-state index contributed by atoms with van der Waals surface area (Å²) in [5, 5.41) is 12.4. The van der Waals surface area contributed by atoms with Crippen molar-refractivity contribution in [3.63, 3.8) is 0 Å². The fraction of sp³-hybridized carbons (Fsp3) is 0.846. The third kappa shape index (κ3) is 7.85. The molecule has 0 saturated heterocycles. The second-order valence-electron chi connectivity index (χ2n) is 5.09. The topological polar surface area (TPSA) is 35.5 Å². The van der Waals surface area contributed by atoms with Crippen molar-refractivity contribution in [3.05, 3.63) is 12.7 Å². The fourth-order valence-electron chi connectivity index (χ4n) is 1.82. The molecule has 0 amide bonds. The van der Waals surface area contributed by atoms with E-state index in [1.54, 1.807) is 0 Å². The summed E-state index contributed by atoms with van der Waals surface area (Å²) in [6, 6.07) is 0. The van der Waals surface area contributed by atoms with Crippen molar-refractivity contribution in [3.8, 4) is 0 Å². The van der Waals surface area contributed by atoms with Crippen LogP contribution in [0, 0.1) is 5.41 Å². The Morgan fingerprint density at radius 2 is 2.12 bits per heavy atom. The summed E-state index contributed by atoms with van der Waals surface area (Å²) in [5.41, 5.74) is 0.230. The molecule has 0 fully saturated rings. The third-order valence-corrected chi connectivity index (χ3v) is 2.49. The van der Waals surface area contributed by atoms with Crippen LogP contribution in [-0.4, -0.2) is 49.3 Å². The van der Waals surface area contributed by atoms with Crippen molar-refractivity contribution in [1.29, 1.82) is 0 Å². The molecule has 2 N–H and O–H groups in total. The van der Waals surface area contributed by atoms with Crippen LogP contribution in [0.15, 0.2) is 12.7 Å². The van der Waals surface area contributed by atoms with Crippen molar-refractivity contribution in [2.45, 2.75) is 27.2 Å². The lowest BCUT2D eigenvalue weighted by Crippen LogP contribution is -2.41. The molecule has 0 aliphatic carbocycles. The van der Waals surface area contributed by atoms with Gasteiger partial charge in [0.15, 0.2) is 0 Å². The molecule has 0 atom stereocenters. The van der Waals surface area contributed by atoms with Crippen LogP contribution in [-0.2, 0) is 0 Å². The number of hydrogen-bond donors (Lipinski definition) is 2. The van der Waals surface area contributed by atoms with Crippen molar-refractivity contribution < 1.29 is 5.11 Å². The van der Waals surface area contributed by atoms with Crippen LogP contribution < -0.4 is 5.32 Å². The van der Waals surface area contributed by atoms with Gasteiger partial charge in [0.2, 0.25) is 0 Å². The summed E-state index contributed by atoms with van der Waals surface area (Å²) in [4.78, 5) is 2.24. The summed E-state index contributed by atoms with van der Waals surface area (Å²) >= 11 is 0. The smallest absolute Gasteiger partial charge is 0.0558 e. The minimum absolute atomic E-state index is 0.215. The fourth-order valence-corrected chi connectivity index (χ4v) is 1.82. The van der Waals surface area contributed by atoms with Gasteiger partial charge in [-0.05, 0) is 18.4 Å². The third-order valence-electron chi connectivity index (χ3n) is 2.49. The number of rotatable bonds is 10. The zero-order valence-corrected chi connectivity index (χ0v) is 11.1. The highest BCUT2D eigenvalue weighted by atomic mass is 16.3. The average molecular weight is 228 g/mol. The van der Waals surface area contributed by atoms with E-state index in [2.05, 4.69) is 37.6 Å². The monoisotopic (exact) mass is 228 g/mol. The van der Waals surface area contributed by atoms with Crippen LogP contribution in [0.4, 0.5) is 0 Å². The van der Waals surface area contributed by atoms with E-state index in [0.29, 0.717) is 0 Å². The zero-order valence-electron chi connectivity index (χ0n) is 11.1. The number of nitrogens with zero attached hydrogens (tertiary/aromatic N) is 1. The summed E-state index contributed by atoms with van der Waals surface area (Å²) < 4.78 is 0. The van der Waals surface area contributed by atoms with Gasteiger partial charge in [0, 0.05) is 26.2 Å². The van der Waals surface area contributed by atoms with E-state index >= 15 is 0 Å². The van der Waals surface area contributed by atoms with E-state index in [-0.39, 0.29) is 12.0 Å². The largest absolute Gasteiger partial charge is 0.395 e. The SMILES string of the molecule is C=CCN(CCO)CC(C)(C)CNCCC. The Bertz CT molecular complexity index is 181. The molecule has 16 heavy (non-hydrogen) atoms. The van der Waals surface area contributed by atoms with Crippen LogP contribution in [0.5, 0.6) is 0 Å². The number of hydrogen-bond acceptors (Lipinski definition) is 3. The van der Waals surface area contributed by atoms with Crippen LogP contribution in [0.3, 0.4) is 0 Å². The van der Waals surface area contributed by atoms with Gasteiger partial charge in [0.1, 0.15) is 0 Å². The van der Waals surface area contributed by atoms with Gasteiger partial charge in [0.05, 0.1) is 6.61 Å². The molecule has 0 aromatic carbocycles. The van der Waals surface area contributed by atoms with E-state index < -0.39 is 0 Å². The maximum atomic E-state index is 8.98. The quantitative estimate of drug-likeness (QED) is 0.439. The van der Waals surface area contributed by atoms with Crippen LogP contribution in [0.1, 0.15) is 27.2 Å². The molecule has 0 aromatic rings. The maximum absolute atomic E-state index is 8.98. The van der Waals surface area contributed by atoms with E-state index in [0.717, 1.165) is 32.7 Å². The molecule has 0 unspecified atom stereocenters. The second kappa shape index (κ2) is 8.74. The van der Waals surface area contributed by atoms with E-state index in [1.165, 1.54) is 6.42 Å². The molecule has 0 rings (SSSR count). The lowest BCUT2D eigenvalue weighted by atomic mass is 9.92. The van der Waals surface area contributed by atoms with Gasteiger partial charge in [0.25, 0.3) is 0 Å². The van der Waals surface area contributed by atoms with Gasteiger partial charge >= 0.3 is 0 Å². The van der Waals surface area contributed by atoms with Crippen molar-refractivity contribution in [1.82, 2.24) is 10.2 Å². The predicted molar refractivity (Wildman–Crippen MR) is 70.7 cm³/mol. The van der Waals surface area contributed by atoms with E-state index in [4.69, 9.17) is 5.11 Å². The summed E-state index contributed by atoms with van der Waals surface area (Å²) in [6.07, 6.45) is 3.06. The zero-order chi connectivity index (χ0) is 12.4. The van der Waals surface area contributed by atoms with Crippen molar-refractivity contribution in [2.75, 3.05) is 39.3 Å². The summed E-state index contributed by atoms with van der Waals surface area (Å²) in [5.74, 6) is 0. The Morgan fingerprint density at radius 3 is 2.62 bits per heavy atom. The first kappa shape index (κ1) is 15.6. The molecule has 0 aliphatic heterocycles. The lowest BCUT2D eigenvalue weighted by Gasteiger charge is -2.32. The average Bonchev–Trinajstić information content (AvgIpc) is 2.18. The van der Waals surface area contributed by atoms with Crippen LogP contribution >= 0.6 is 0 Å². The first-order valence-electron chi connectivity index (χ1n) is 6.20. The summed E-state index contributed by atoms with van der Waals surface area (Å²) in [6.45, 7) is 15.3. The van der Waals surface area contributed by atoms with Gasteiger partial charge in [-0.3, -0.25) is 4.90 Å². The Hall–Kier alpha value is -0.380. The first-order chi connectivity index (χ1) is 7.55. The molecule has 0 bridgehead atoms. The molecular weight excluding hydrogens is 200 g/mol. The van der Waals surface area contributed by atoms with Gasteiger partial charge < -0.3 is 10.4 Å². The van der Waals surface area contributed by atoms with Crippen molar-refractivity contribution >= 4 is 0 Å². The molecule has 0 aliphatic rings. The standard InChI is InChI=1S/C13H28N2O/c1-5-7-14-11-13(3,4)12-15(8-6-2)9-10-16/h6,14,16H,2,5,7-12H2,1,3-4H3. The molecule has 0 saturated carbocycles. The van der Waals surface area contributed by atoms with Crippen LogP contribution in [0.25, 0.3) is 0 Å². The molecule has 3 nitrogen and oxygen atoms in total. The first-order valence-corrected chi connectivity index (χ1v) is 6.20. The van der Waals surface area contributed by atoms with E-state index in [9.17, 15) is 0 Å². The maximum Gasteiger partial charge on any atom is 0.0558 e. The minimum atomic E-state index is 0.215. The molecule has 96 valence electrons. The normalized spacial score (nSPS) is 12.1. The molecule has 0 radical (unpaired) electrons. The van der Waals surface area contributed by atoms with Gasteiger partial charge in [-0.1, -0.05) is 26.8 Å². The van der Waals surface area contributed by atoms with Gasteiger partial charge in [-0.25, -0.2) is 0 Å². The van der Waals surface area contributed by atoms with Gasteiger partial charge in [-0.2, -0.15) is 0 Å². The lowest BCUT2D eigenvalue weighted by molar-refractivity contribution is 0.154. The van der Waals surface area contributed by atoms with Crippen molar-refractivity contribution in [2.24, 2.45) is 5.41 Å². The highest BCUT2D eigenvalue weighted by Gasteiger charge is 2.20. The predicted octanol–water partition coefficient (Wildman–Crippen LogP) is 1.49. The molecular formula is C13H28N2O. The number of aliphatic hydroxyl groups excluding tert-OH is 1. The molecule has 0 heterocycles. The highest BCUT2D eigenvalue weighted by Crippen LogP contribution is 2.15. The number of nitrogens with one attached hydrogen (secondary N) is 1. The van der Waals surface area contributed by atoms with Crippen LogP contribution in [0.2, 0.25) is 0 Å². The molecule has 3 heteroatoms. The highest BCUT2D eigenvalue weighted by molar-refractivity contribution is 4.80. The second-order valence-corrected chi connectivity index (χ2v) is 5.09. The van der Waals surface area contributed by atoms with Gasteiger partial charge in [-0.15, -0.1) is 6.58 Å². The molecule has 0 aromatic heterocycles. The Labute approximate surface area is 101 Å². The Morgan fingerprint density at radius 1 is 1.44 bits per heavy atom. The number of aliphatic hydroxyl groups is 1. The Balaban J connectivity index is 4.01. The van der Waals surface area contributed by atoms with E-state index in [1.807, 2.05) is 6.08 Å². The summed E-state index contributed by atoms with van der Waals surface area (Å²) in [7, 11) is 0. The Kier molecular flexibility index (Phi) is 8.53. The minimum Gasteiger partial charge on any atom is -0.395 e. The molecule has 0 spiro atoms.